The lowest BCUT2D eigenvalue weighted by Gasteiger charge is -2.35. The Hall–Kier alpha value is -1.48. The van der Waals surface area contributed by atoms with E-state index in [1.54, 1.807) is 20.8 Å². The van der Waals surface area contributed by atoms with Gasteiger partial charge in [0.15, 0.2) is 0 Å². The lowest BCUT2D eigenvalue weighted by atomic mass is 10.1. The number of hydrogen-bond donors (Lipinski definition) is 3. The monoisotopic (exact) mass is 304 g/mol. The van der Waals surface area contributed by atoms with E-state index in [1.165, 1.54) is 4.90 Å². The lowest BCUT2D eigenvalue weighted by Crippen LogP contribution is -2.57. The number of amides is 3. The fourth-order valence-corrected chi connectivity index (χ4v) is 2.18. The van der Waals surface area contributed by atoms with Crippen molar-refractivity contribution in [2.45, 2.75) is 32.4 Å². The maximum absolute atomic E-state index is 12.1. The third kappa shape index (κ3) is 5.25. The summed E-state index contributed by atoms with van der Waals surface area (Å²) in [5.41, 5.74) is 4.28. The summed E-state index contributed by atoms with van der Waals surface area (Å²) in [6.45, 7) is 6.53. The molecule has 0 bridgehead atoms. The van der Waals surface area contributed by atoms with Gasteiger partial charge in [-0.05, 0) is 20.8 Å². The highest BCUT2D eigenvalue weighted by molar-refractivity contribution is 8.12. The van der Waals surface area contributed by atoms with Gasteiger partial charge in [0.2, 0.25) is 0 Å². The van der Waals surface area contributed by atoms with Crippen molar-refractivity contribution in [3.8, 4) is 0 Å². The molecule has 8 nitrogen and oxygen atoms in total. The Morgan fingerprint density at radius 2 is 2.05 bits per heavy atom. The van der Waals surface area contributed by atoms with Crippen LogP contribution in [0.5, 0.6) is 0 Å². The first kappa shape index (κ1) is 16.6. The molecule has 0 aliphatic carbocycles. The second-order valence-corrected chi connectivity index (χ2v) is 6.04. The summed E-state index contributed by atoms with van der Waals surface area (Å²) in [4.78, 5) is 36.0. The second-order valence-electron chi connectivity index (χ2n) is 5.28. The van der Waals surface area contributed by atoms with E-state index in [2.05, 4.69) is 10.0 Å². The second kappa shape index (κ2) is 6.80. The highest BCUT2D eigenvalue weighted by Crippen LogP contribution is 2.16. The van der Waals surface area contributed by atoms with Gasteiger partial charge in [0, 0.05) is 19.6 Å². The third-order valence-electron chi connectivity index (χ3n) is 2.40. The van der Waals surface area contributed by atoms with Crippen molar-refractivity contribution in [2.75, 3.05) is 19.6 Å². The van der Waals surface area contributed by atoms with Crippen molar-refractivity contribution < 1.29 is 19.1 Å². The molecule has 0 aromatic rings. The zero-order valence-electron chi connectivity index (χ0n) is 11.8. The predicted molar refractivity (Wildman–Crippen MR) is 74.9 cm³/mol. The average molecular weight is 304 g/mol. The summed E-state index contributed by atoms with van der Waals surface area (Å²) < 4.78 is 7.43. The molecule has 0 radical (unpaired) electrons. The van der Waals surface area contributed by atoms with E-state index in [4.69, 9.17) is 10.5 Å². The van der Waals surface area contributed by atoms with Gasteiger partial charge in [0.1, 0.15) is 11.6 Å². The minimum absolute atomic E-state index is 0.317. The summed E-state index contributed by atoms with van der Waals surface area (Å²) in [6, 6.07) is -1.52. The smallest absolute Gasteiger partial charge is 0.330 e. The van der Waals surface area contributed by atoms with Crippen LogP contribution in [0.25, 0.3) is 0 Å². The molecule has 3 amide bonds. The molecule has 1 rings (SSSR count). The quantitative estimate of drug-likeness (QED) is 0.465. The topological polar surface area (TPSA) is 114 Å². The molecule has 20 heavy (non-hydrogen) atoms. The van der Waals surface area contributed by atoms with Crippen molar-refractivity contribution in [1.29, 1.82) is 0 Å². The summed E-state index contributed by atoms with van der Waals surface area (Å²) >= 11 is 0.557. The van der Waals surface area contributed by atoms with Crippen molar-refractivity contribution in [1.82, 2.24) is 14.9 Å². The largest absolute Gasteiger partial charge is 0.458 e. The minimum atomic E-state index is -0.813. The third-order valence-corrected chi connectivity index (χ3v) is 3.11. The minimum Gasteiger partial charge on any atom is -0.458 e. The lowest BCUT2D eigenvalue weighted by molar-refractivity contribution is -0.160. The standard InChI is InChI=1S/C11H20N4O4S/c1-11(2,3)19-8(16)7-6-13-4-5-15(7)10(18)20-14-9(12)17/h7,13H,4-6H2,1-3H3,(H3,12,14,17). The van der Waals surface area contributed by atoms with Gasteiger partial charge in [0.05, 0.1) is 11.9 Å². The van der Waals surface area contributed by atoms with Crippen molar-refractivity contribution >= 4 is 29.2 Å². The molecule has 1 heterocycles. The van der Waals surface area contributed by atoms with Gasteiger partial charge in [-0.15, -0.1) is 0 Å². The zero-order valence-corrected chi connectivity index (χ0v) is 12.6. The van der Waals surface area contributed by atoms with Crippen LogP contribution in [0.3, 0.4) is 0 Å². The normalized spacial score (nSPS) is 19.4. The molecule has 1 aliphatic heterocycles. The van der Waals surface area contributed by atoms with Gasteiger partial charge in [-0.3, -0.25) is 9.52 Å². The number of primary amides is 1. The molecule has 114 valence electrons. The number of piperazine rings is 1. The van der Waals surface area contributed by atoms with Crippen LogP contribution >= 0.6 is 11.9 Å². The molecule has 1 fully saturated rings. The summed E-state index contributed by atoms with van der Waals surface area (Å²) in [7, 11) is 0. The first-order valence-electron chi connectivity index (χ1n) is 6.17. The maximum Gasteiger partial charge on any atom is 0.330 e. The number of ether oxygens (including phenoxy) is 1. The van der Waals surface area contributed by atoms with Crippen LogP contribution in [0.4, 0.5) is 9.59 Å². The van der Waals surface area contributed by atoms with E-state index >= 15 is 0 Å². The first-order valence-corrected chi connectivity index (χ1v) is 6.99. The highest BCUT2D eigenvalue weighted by atomic mass is 32.2. The number of rotatable bonds is 1. The van der Waals surface area contributed by atoms with Crippen LogP contribution < -0.4 is 15.8 Å². The molecule has 9 heteroatoms. The molecule has 4 N–H and O–H groups in total. The fourth-order valence-electron chi connectivity index (χ4n) is 1.66. The van der Waals surface area contributed by atoms with E-state index in [1.807, 2.05) is 0 Å². The number of esters is 1. The van der Waals surface area contributed by atoms with E-state index in [0.717, 1.165) is 0 Å². The number of hydrogen-bond acceptors (Lipinski definition) is 6. The van der Waals surface area contributed by atoms with Gasteiger partial charge in [-0.2, -0.15) is 0 Å². The summed E-state index contributed by atoms with van der Waals surface area (Å²) in [6.07, 6.45) is 0. The zero-order chi connectivity index (χ0) is 15.3. The number of nitrogens with zero attached hydrogens (tertiary/aromatic N) is 1. The van der Waals surface area contributed by atoms with E-state index in [9.17, 15) is 14.4 Å². The first-order chi connectivity index (χ1) is 9.20. The number of carbonyl (C=O) groups is 3. The van der Waals surface area contributed by atoms with Gasteiger partial charge in [-0.1, -0.05) is 0 Å². The molecule has 1 unspecified atom stereocenters. The van der Waals surface area contributed by atoms with E-state index in [-0.39, 0.29) is 0 Å². The summed E-state index contributed by atoms with van der Waals surface area (Å²) in [5.74, 6) is -0.474. The van der Waals surface area contributed by atoms with Crippen molar-refractivity contribution in [3.05, 3.63) is 0 Å². The molecule has 0 aromatic heterocycles. The van der Waals surface area contributed by atoms with Gasteiger partial charge in [0.25, 0.3) is 0 Å². The SMILES string of the molecule is CC(C)(C)OC(=O)C1CNCCN1C(=O)SNC(N)=O. The molecule has 1 aliphatic rings. The van der Waals surface area contributed by atoms with Crippen molar-refractivity contribution in [2.24, 2.45) is 5.73 Å². The van der Waals surface area contributed by atoms with Crippen LogP contribution in [0.15, 0.2) is 0 Å². The van der Waals surface area contributed by atoms with Crippen LogP contribution in [0.2, 0.25) is 0 Å². The Bertz CT molecular complexity index is 396. The van der Waals surface area contributed by atoms with Crippen LogP contribution in [0.1, 0.15) is 20.8 Å². The number of carbonyl (C=O) groups excluding carboxylic acids is 3. The van der Waals surface area contributed by atoms with Crippen molar-refractivity contribution in [3.63, 3.8) is 0 Å². The fraction of sp³-hybridized carbons (Fsp3) is 0.727. The Morgan fingerprint density at radius 1 is 1.40 bits per heavy atom. The Labute approximate surface area is 121 Å². The maximum atomic E-state index is 12.1. The molecule has 0 spiro atoms. The number of nitrogens with two attached hydrogens (primary N) is 1. The molecular weight excluding hydrogens is 284 g/mol. The molecule has 0 saturated carbocycles. The molecule has 1 atom stereocenters. The van der Waals surface area contributed by atoms with E-state index < -0.39 is 28.9 Å². The van der Waals surface area contributed by atoms with Gasteiger partial charge < -0.3 is 20.7 Å². The van der Waals surface area contributed by atoms with Gasteiger partial charge >= 0.3 is 17.2 Å². The number of urea groups is 1. The molecule has 1 saturated heterocycles. The Morgan fingerprint density at radius 3 is 2.60 bits per heavy atom. The average Bonchev–Trinajstić information content (AvgIpc) is 2.33. The van der Waals surface area contributed by atoms with E-state index in [0.29, 0.717) is 31.6 Å². The number of nitrogens with one attached hydrogen (secondary N) is 2. The molecule has 0 aromatic carbocycles. The Balaban J connectivity index is 2.68. The van der Waals surface area contributed by atoms with Crippen LogP contribution in [0, 0.1) is 0 Å². The van der Waals surface area contributed by atoms with Crippen LogP contribution in [-0.4, -0.2) is 53.4 Å². The predicted octanol–water partition coefficient (Wildman–Crippen LogP) is 0.0384. The summed E-state index contributed by atoms with van der Waals surface area (Å²) in [5, 5.41) is 2.59. The van der Waals surface area contributed by atoms with Gasteiger partial charge in [-0.25, -0.2) is 9.59 Å². The Kier molecular flexibility index (Phi) is 5.63. The molecular formula is C11H20N4O4S. The highest BCUT2D eigenvalue weighted by Gasteiger charge is 2.35. The van der Waals surface area contributed by atoms with Crippen LogP contribution in [-0.2, 0) is 9.53 Å².